The van der Waals surface area contributed by atoms with Crippen molar-refractivity contribution >= 4 is 17.4 Å². The molecular weight excluding hydrogens is 290 g/mol. The summed E-state index contributed by atoms with van der Waals surface area (Å²) in [6.07, 6.45) is 6.89. The summed E-state index contributed by atoms with van der Waals surface area (Å²) in [5.41, 5.74) is 2.24. The Morgan fingerprint density at radius 2 is 1.91 bits per heavy atom. The Labute approximate surface area is 134 Å². The molecule has 6 nitrogen and oxygen atoms in total. The molecule has 0 aliphatic rings. The van der Waals surface area contributed by atoms with Gasteiger partial charge in [-0.2, -0.15) is 0 Å². The average molecular weight is 307 g/mol. The molecule has 1 N–H and O–H groups in total. The maximum Gasteiger partial charge on any atom is 0.257 e. The summed E-state index contributed by atoms with van der Waals surface area (Å²) in [6, 6.07) is 11.1. The smallest absolute Gasteiger partial charge is 0.257 e. The van der Waals surface area contributed by atoms with Gasteiger partial charge in [-0.15, -0.1) is 0 Å². The van der Waals surface area contributed by atoms with Crippen molar-refractivity contribution in [2.45, 2.75) is 0 Å². The number of anilines is 2. The number of carbonyl (C=O) groups is 1. The second-order valence-electron chi connectivity index (χ2n) is 5.27. The highest BCUT2D eigenvalue weighted by atomic mass is 16.1. The van der Waals surface area contributed by atoms with E-state index in [9.17, 15) is 4.79 Å². The van der Waals surface area contributed by atoms with Gasteiger partial charge in [-0.05, 0) is 36.4 Å². The number of benzene rings is 1. The quantitative estimate of drug-likeness (QED) is 0.804. The van der Waals surface area contributed by atoms with Crippen molar-refractivity contribution in [1.29, 1.82) is 0 Å². The fourth-order valence-electron chi connectivity index (χ4n) is 2.12. The Balaban J connectivity index is 1.70. The molecule has 0 aliphatic heterocycles. The molecule has 0 spiro atoms. The lowest BCUT2D eigenvalue weighted by Gasteiger charge is -2.11. The van der Waals surface area contributed by atoms with Gasteiger partial charge in [-0.1, -0.05) is 0 Å². The first-order chi connectivity index (χ1) is 11.1. The van der Waals surface area contributed by atoms with Crippen molar-refractivity contribution in [1.82, 2.24) is 14.5 Å². The largest absolute Gasteiger partial charge is 0.363 e. The Morgan fingerprint density at radius 3 is 2.48 bits per heavy atom. The second kappa shape index (κ2) is 6.31. The minimum atomic E-state index is -0.182. The normalized spacial score (nSPS) is 10.3. The van der Waals surface area contributed by atoms with Crippen LogP contribution in [0.5, 0.6) is 0 Å². The van der Waals surface area contributed by atoms with Gasteiger partial charge in [-0.3, -0.25) is 4.79 Å². The van der Waals surface area contributed by atoms with Gasteiger partial charge in [0.15, 0.2) is 0 Å². The maximum absolute atomic E-state index is 12.2. The van der Waals surface area contributed by atoms with E-state index in [0.717, 1.165) is 17.2 Å². The third-order valence-electron chi connectivity index (χ3n) is 3.40. The van der Waals surface area contributed by atoms with Crippen LogP contribution in [0.15, 0.2) is 61.3 Å². The number of carbonyl (C=O) groups excluding carboxylic acids is 1. The highest BCUT2D eigenvalue weighted by Gasteiger charge is 2.07. The van der Waals surface area contributed by atoms with Crippen molar-refractivity contribution in [3.05, 3.63) is 66.9 Å². The molecule has 0 radical (unpaired) electrons. The highest BCUT2D eigenvalue weighted by Crippen LogP contribution is 2.15. The summed E-state index contributed by atoms with van der Waals surface area (Å²) in [4.78, 5) is 22.4. The Hall–Kier alpha value is -3.15. The van der Waals surface area contributed by atoms with Gasteiger partial charge in [0.2, 0.25) is 0 Å². The summed E-state index contributed by atoms with van der Waals surface area (Å²) < 4.78 is 1.90. The highest BCUT2D eigenvalue weighted by molar-refractivity contribution is 6.04. The molecule has 1 aromatic carbocycles. The fraction of sp³-hybridized carbons (Fsp3) is 0.118. The average Bonchev–Trinajstić information content (AvgIpc) is 3.10. The van der Waals surface area contributed by atoms with Gasteiger partial charge in [0.05, 0.1) is 11.9 Å². The van der Waals surface area contributed by atoms with Crippen LogP contribution >= 0.6 is 0 Å². The number of amides is 1. The van der Waals surface area contributed by atoms with Crippen LogP contribution in [-0.2, 0) is 0 Å². The molecule has 0 unspecified atom stereocenters. The molecule has 23 heavy (non-hydrogen) atoms. The number of imidazole rings is 1. The van der Waals surface area contributed by atoms with E-state index in [-0.39, 0.29) is 5.91 Å². The minimum absolute atomic E-state index is 0.182. The van der Waals surface area contributed by atoms with E-state index in [1.165, 1.54) is 0 Å². The summed E-state index contributed by atoms with van der Waals surface area (Å²) in [5, 5.41) is 2.86. The fourth-order valence-corrected chi connectivity index (χ4v) is 2.12. The number of nitrogens with one attached hydrogen (secondary N) is 1. The Morgan fingerprint density at radius 1 is 1.13 bits per heavy atom. The second-order valence-corrected chi connectivity index (χ2v) is 5.27. The van der Waals surface area contributed by atoms with Gasteiger partial charge in [0, 0.05) is 44.1 Å². The van der Waals surface area contributed by atoms with Crippen LogP contribution in [0.3, 0.4) is 0 Å². The van der Waals surface area contributed by atoms with Crippen molar-refractivity contribution in [2.24, 2.45) is 0 Å². The summed E-state index contributed by atoms with van der Waals surface area (Å²) >= 11 is 0. The number of pyridine rings is 1. The van der Waals surface area contributed by atoms with Crippen LogP contribution in [0.25, 0.3) is 5.69 Å². The standard InChI is InChI=1S/C17H17N5O/c1-21(2)16-8-3-13(11-19-16)17(23)20-14-4-6-15(7-5-14)22-10-9-18-12-22/h3-12H,1-2H3,(H,20,23). The third kappa shape index (κ3) is 3.37. The third-order valence-corrected chi connectivity index (χ3v) is 3.40. The minimum Gasteiger partial charge on any atom is -0.363 e. The van der Waals surface area contributed by atoms with Gasteiger partial charge in [0.25, 0.3) is 5.91 Å². The molecular formula is C17H17N5O. The maximum atomic E-state index is 12.2. The molecule has 0 atom stereocenters. The monoisotopic (exact) mass is 307 g/mol. The van der Waals surface area contributed by atoms with Gasteiger partial charge >= 0.3 is 0 Å². The molecule has 0 fully saturated rings. The number of hydrogen-bond donors (Lipinski definition) is 1. The molecule has 3 aromatic rings. The lowest BCUT2D eigenvalue weighted by Crippen LogP contribution is -2.14. The number of aromatic nitrogens is 3. The summed E-state index contributed by atoms with van der Waals surface area (Å²) in [5.74, 6) is 0.629. The van der Waals surface area contributed by atoms with E-state index in [4.69, 9.17) is 0 Å². The SMILES string of the molecule is CN(C)c1ccc(C(=O)Nc2ccc(-n3ccnc3)cc2)cn1. The number of rotatable bonds is 4. The Bertz CT molecular complexity index is 777. The molecule has 0 saturated heterocycles. The predicted octanol–water partition coefficient (Wildman–Crippen LogP) is 2.59. The van der Waals surface area contributed by atoms with E-state index < -0.39 is 0 Å². The predicted molar refractivity (Wildman–Crippen MR) is 90.1 cm³/mol. The first-order valence-corrected chi connectivity index (χ1v) is 7.16. The zero-order chi connectivity index (χ0) is 16.2. The van der Waals surface area contributed by atoms with Crippen LogP contribution in [-0.4, -0.2) is 34.5 Å². The molecule has 6 heteroatoms. The lowest BCUT2D eigenvalue weighted by atomic mass is 10.2. The number of hydrogen-bond acceptors (Lipinski definition) is 4. The zero-order valence-corrected chi connectivity index (χ0v) is 13.0. The van der Waals surface area contributed by atoms with E-state index in [0.29, 0.717) is 5.56 Å². The van der Waals surface area contributed by atoms with Crippen molar-refractivity contribution in [3.63, 3.8) is 0 Å². The molecule has 1 amide bonds. The molecule has 0 bridgehead atoms. The molecule has 2 heterocycles. The van der Waals surface area contributed by atoms with Crippen molar-refractivity contribution in [2.75, 3.05) is 24.3 Å². The lowest BCUT2D eigenvalue weighted by molar-refractivity contribution is 0.102. The molecule has 116 valence electrons. The number of nitrogens with zero attached hydrogens (tertiary/aromatic N) is 4. The first-order valence-electron chi connectivity index (χ1n) is 7.16. The van der Waals surface area contributed by atoms with E-state index in [1.807, 2.05) is 60.1 Å². The van der Waals surface area contributed by atoms with Gasteiger partial charge < -0.3 is 14.8 Å². The molecule has 0 aliphatic carbocycles. The summed E-state index contributed by atoms with van der Waals surface area (Å²) in [7, 11) is 3.81. The van der Waals surface area contributed by atoms with Crippen LogP contribution in [0, 0.1) is 0 Å². The molecule has 0 saturated carbocycles. The topological polar surface area (TPSA) is 63.1 Å². The van der Waals surface area contributed by atoms with Gasteiger partial charge in [0.1, 0.15) is 5.82 Å². The van der Waals surface area contributed by atoms with Crippen LogP contribution in [0.2, 0.25) is 0 Å². The summed E-state index contributed by atoms with van der Waals surface area (Å²) in [6.45, 7) is 0. The van der Waals surface area contributed by atoms with E-state index in [2.05, 4.69) is 15.3 Å². The van der Waals surface area contributed by atoms with Gasteiger partial charge in [-0.25, -0.2) is 9.97 Å². The molecule has 3 rings (SSSR count). The van der Waals surface area contributed by atoms with Crippen molar-refractivity contribution < 1.29 is 4.79 Å². The van der Waals surface area contributed by atoms with Crippen LogP contribution in [0.1, 0.15) is 10.4 Å². The Kier molecular flexibility index (Phi) is 4.05. The van der Waals surface area contributed by atoms with Crippen LogP contribution in [0.4, 0.5) is 11.5 Å². The van der Waals surface area contributed by atoms with Crippen LogP contribution < -0.4 is 10.2 Å². The van der Waals surface area contributed by atoms with Crippen molar-refractivity contribution in [3.8, 4) is 5.69 Å². The first kappa shape index (κ1) is 14.8. The van der Waals surface area contributed by atoms with E-state index in [1.54, 1.807) is 24.8 Å². The molecule has 2 aromatic heterocycles. The zero-order valence-electron chi connectivity index (χ0n) is 13.0. The van der Waals surface area contributed by atoms with E-state index >= 15 is 0 Å².